The fourth-order valence-electron chi connectivity index (χ4n) is 1.08. The molecule has 4 heteroatoms. The van der Waals surface area contributed by atoms with Gasteiger partial charge in [-0.25, -0.2) is 0 Å². The van der Waals surface area contributed by atoms with E-state index in [0.29, 0.717) is 22.6 Å². The molecule has 0 fully saturated rings. The Labute approximate surface area is 76.5 Å². The summed E-state index contributed by atoms with van der Waals surface area (Å²) in [4.78, 5) is 11.0. The Bertz CT molecular complexity index is 348. The van der Waals surface area contributed by atoms with Crippen LogP contribution in [0.3, 0.4) is 0 Å². The Morgan fingerprint density at radius 3 is 2.54 bits per heavy atom. The molecule has 1 aromatic rings. The zero-order valence-corrected chi connectivity index (χ0v) is 7.63. The molecule has 0 aliphatic rings. The second kappa shape index (κ2) is 3.35. The number of benzene rings is 1. The monoisotopic (exact) mass is 180 g/mol. The van der Waals surface area contributed by atoms with Crippen molar-refractivity contribution in [1.82, 2.24) is 0 Å². The van der Waals surface area contributed by atoms with Crippen LogP contribution in [0, 0.1) is 6.92 Å². The first-order valence-electron chi connectivity index (χ1n) is 3.80. The molecule has 4 N–H and O–H groups in total. The van der Waals surface area contributed by atoms with Gasteiger partial charge in [-0.2, -0.15) is 0 Å². The number of rotatable bonds is 2. The molecule has 0 spiro atoms. The molecule has 0 aromatic heterocycles. The van der Waals surface area contributed by atoms with Crippen LogP contribution in [0.5, 0.6) is 5.75 Å². The summed E-state index contributed by atoms with van der Waals surface area (Å²) in [5.74, 6) is 0.0417. The van der Waals surface area contributed by atoms with Crippen molar-refractivity contribution in [2.75, 3.05) is 12.8 Å². The molecular formula is C9H12N2O2. The highest BCUT2D eigenvalue weighted by Gasteiger charge is 2.09. The van der Waals surface area contributed by atoms with Crippen molar-refractivity contribution in [2.24, 2.45) is 5.73 Å². The molecule has 0 aliphatic heterocycles. The number of hydrogen-bond donors (Lipinski definition) is 2. The Morgan fingerprint density at radius 1 is 1.46 bits per heavy atom. The maximum atomic E-state index is 11.0. The smallest absolute Gasteiger partial charge is 0.249 e. The predicted octanol–water partition coefficient (Wildman–Crippen LogP) is 0.685. The average Bonchev–Trinajstić information content (AvgIpc) is 2.09. The average molecular weight is 180 g/mol. The van der Waals surface area contributed by atoms with Gasteiger partial charge in [-0.3, -0.25) is 4.79 Å². The number of anilines is 1. The van der Waals surface area contributed by atoms with Crippen molar-refractivity contribution in [1.29, 1.82) is 0 Å². The minimum atomic E-state index is -0.497. The van der Waals surface area contributed by atoms with Gasteiger partial charge >= 0.3 is 0 Å². The zero-order valence-electron chi connectivity index (χ0n) is 7.63. The lowest BCUT2D eigenvalue weighted by Crippen LogP contribution is -2.13. The van der Waals surface area contributed by atoms with Crippen LogP contribution in [-0.2, 0) is 0 Å². The summed E-state index contributed by atoms with van der Waals surface area (Å²) >= 11 is 0. The van der Waals surface area contributed by atoms with Gasteiger partial charge in [0.2, 0.25) is 5.91 Å². The maximum absolute atomic E-state index is 11.0. The van der Waals surface area contributed by atoms with E-state index in [1.165, 1.54) is 7.11 Å². The number of carbonyl (C=O) groups is 1. The van der Waals surface area contributed by atoms with Crippen LogP contribution in [-0.4, -0.2) is 13.0 Å². The highest BCUT2D eigenvalue weighted by molar-refractivity contribution is 5.96. The lowest BCUT2D eigenvalue weighted by molar-refractivity contribution is 0.0999. The van der Waals surface area contributed by atoms with Crippen molar-refractivity contribution in [3.63, 3.8) is 0 Å². The molecule has 0 bridgehead atoms. The first-order chi connectivity index (χ1) is 6.06. The minimum absolute atomic E-state index is 0.400. The van der Waals surface area contributed by atoms with E-state index in [1.54, 1.807) is 19.1 Å². The molecule has 0 saturated heterocycles. The standard InChI is InChI=1S/C9H12N2O2/c1-5-7(9(11)12)3-6(13-2)4-8(5)10/h3-4H,10H2,1-2H3,(H2,11,12). The third-order valence-electron chi connectivity index (χ3n) is 1.92. The second-order valence-electron chi connectivity index (χ2n) is 2.75. The first kappa shape index (κ1) is 9.38. The van der Waals surface area contributed by atoms with E-state index in [-0.39, 0.29) is 0 Å². The fraction of sp³-hybridized carbons (Fsp3) is 0.222. The summed E-state index contributed by atoms with van der Waals surface area (Å²) in [5.41, 5.74) is 12.4. The van der Waals surface area contributed by atoms with Crippen LogP contribution in [0.4, 0.5) is 5.69 Å². The molecule has 4 nitrogen and oxygen atoms in total. The van der Waals surface area contributed by atoms with Crippen molar-refractivity contribution >= 4 is 11.6 Å². The van der Waals surface area contributed by atoms with Crippen molar-refractivity contribution in [2.45, 2.75) is 6.92 Å². The molecule has 0 radical (unpaired) electrons. The third-order valence-corrected chi connectivity index (χ3v) is 1.92. The number of hydrogen-bond acceptors (Lipinski definition) is 3. The number of nitrogen functional groups attached to an aromatic ring is 1. The molecule has 70 valence electrons. The van der Waals surface area contributed by atoms with Crippen LogP contribution in [0.1, 0.15) is 15.9 Å². The van der Waals surface area contributed by atoms with Gasteiger partial charge in [0.25, 0.3) is 0 Å². The molecule has 0 aliphatic carbocycles. The van der Waals surface area contributed by atoms with Crippen LogP contribution >= 0.6 is 0 Å². The highest BCUT2D eigenvalue weighted by atomic mass is 16.5. The fourth-order valence-corrected chi connectivity index (χ4v) is 1.08. The number of amides is 1. The van der Waals surface area contributed by atoms with Crippen LogP contribution in [0.15, 0.2) is 12.1 Å². The molecule has 0 atom stereocenters. The summed E-state index contributed by atoms with van der Waals surface area (Å²) < 4.78 is 4.95. The van der Waals surface area contributed by atoms with Crippen LogP contribution in [0.25, 0.3) is 0 Å². The van der Waals surface area contributed by atoms with Gasteiger partial charge in [0.1, 0.15) is 5.75 Å². The van der Waals surface area contributed by atoms with Crippen LogP contribution in [0.2, 0.25) is 0 Å². The molecule has 1 aromatic carbocycles. The second-order valence-corrected chi connectivity index (χ2v) is 2.75. The van der Waals surface area contributed by atoms with Gasteiger partial charge in [0.05, 0.1) is 7.11 Å². The Balaban J connectivity index is 3.33. The van der Waals surface area contributed by atoms with Crippen molar-refractivity contribution in [3.8, 4) is 5.75 Å². The van der Waals surface area contributed by atoms with Gasteiger partial charge in [-0.05, 0) is 18.6 Å². The first-order valence-corrected chi connectivity index (χ1v) is 3.80. The number of methoxy groups -OCH3 is 1. The van der Waals surface area contributed by atoms with Gasteiger partial charge in [-0.1, -0.05) is 0 Å². The summed E-state index contributed by atoms with van der Waals surface area (Å²) in [6.45, 7) is 1.74. The largest absolute Gasteiger partial charge is 0.497 e. The molecule has 1 amide bonds. The van der Waals surface area contributed by atoms with Crippen molar-refractivity contribution in [3.05, 3.63) is 23.3 Å². The molecule has 0 saturated carbocycles. The van der Waals surface area contributed by atoms with Crippen LogP contribution < -0.4 is 16.2 Å². The van der Waals surface area contributed by atoms with E-state index in [4.69, 9.17) is 16.2 Å². The van der Waals surface area contributed by atoms with Gasteiger partial charge in [0, 0.05) is 17.3 Å². The van der Waals surface area contributed by atoms with Gasteiger partial charge in [-0.15, -0.1) is 0 Å². The highest BCUT2D eigenvalue weighted by Crippen LogP contribution is 2.23. The minimum Gasteiger partial charge on any atom is -0.497 e. The molecule has 0 unspecified atom stereocenters. The quantitative estimate of drug-likeness (QED) is 0.657. The summed E-state index contributed by atoms with van der Waals surface area (Å²) in [6, 6.07) is 3.23. The number of nitrogens with two attached hydrogens (primary N) is 2. The Hall–Kier alpha value is -1.71. The number of primary amides is 1. The molecule has 13 heavy (non-hydrogen) atoms. The number of ether oxygens (including phenoxy) is 1. The predicted molar refractivity (Wildman–Crippen MR) is 50.7 cm³/mol. The molecular weight excluding hydrogens is 168 g/mol. The maximum Gasteiger partial charge on any atom is 0.249 e. The molecule has 0 heterocycles. The van der Waals surface area contributed by atoms with Gasteiger partial charge in [0.15, 0.2) is 0 Å². The zero-order chi connectivity index (χ0) is 10.0. The van der Waals surface area contributed by atoms with E-state index in [0.717, 1.165) is 0 Å². The van der Waals surface area contributed by atoms with Crippen molar-refractivity contribution < 1.29 is 9.53 Å². The lowest BCUT2D eigenvalue weighted by atomic mass is 10.1. The topological polar surface area (TPSA) is 78.3 Å². The van der Waals surface area contributed by atoms with Gasteiger partial charge < -0.3 is 16.2 Å². The Kier molecular flexibility index (Phi) is 2.41. The summed E-state index contributed by atoms with van der Waals surface area (Å²) in [7, 11) is 1.51. The van der Waals surface area contributed by atoms with E-state index >= 15 is 0 Å². The summed E-state index contributed by atoms with van der Waals surface area (Å²) in [5, 5.41) is 0. The van der Waals surface area contributed by atoms with E-state index < -0.39 is 5.91 Å². The normalized spacial score (nSPS) is 9.69. The third kappa shape index (κ3) is 1.72. The Morgan fingerprint density at radius 2 is 2.08 bits per heavy atom. The SMILES string of the molecule is COc1cc(N)c(C)c(C(N)=O)c1. The summed E-state index contributed by atoms with van der Waals surface area (Å²) in [6.07, 6.45) is 0. The number of carbonyl (C=O) groups excluding carboxylic acids is 1. The van der Waals surface area contributed by atoms with E-state index in [1.807, 2.05) is 0 Å². The molecule has 1 rings (SSSR count). The van der Waals surface area contributed by atoms with E-state index in [9.17, 15) is 4.79 Å². The van der Waals surface area contributed by atoms with E-state index in [2.05, 4.69) is 0 Å². The lowest BCUT2D eigenvalue weighted by Gasteiger charge is -2.08.